The Bertz CT molecular complexity index is 398. The molecule has 1 aromatic heterocycles. The van der Waals surface area contributed by atoms with Gasteiger partial charge in [0.1, 0.15) is 11.0 Å². The fourth-order valence-electron chi connectivity index (χ4n) is 0.784. The minimum Gasteiger partial charge on any atom is -0.321 e. The molecule has 0 aliphatic rings. The van der Waals surface area contributed by atoms with Gasteiger partial charge in [-0.25, -0.2) is 18.1 Å². The standard InChI is InChI=1S/C6H10ClN3O2S/c1-10-5(7)3-8-6(10)4-9-13(2,11)12/h3,9H,4H2,1-2H3. The second-order valence-corrected chi connectivity index (χ2v) is 4.87. The van der Waals surface area contributed by atoms with Crippen LogP contribution in [-0.2, 0) is 23.6 Å². The smallest absolute Gasteiger partial charge is 0.209 e. The summed E-state index contributed by atoms with van der Waals surface area (Å²) in [4.78, 5) is 3.92. The number of hydrogen-bond acceptors (Lipinski definition) is 3. The number of halogens is 1. The van der Waals surface area contributed by atoms with Crippen molar-refractivity contribution in [1.29, 1.82) is 0 Å². The van der Waals surface area contributed by atoms with Crippen molar-refractivity contribution in [3.8, 4) is 0 Å². The van der Waals surface area contributed by atoms with Gasteiger partial charge in [-0.15, -0.1) is 0 Å². The van der Waals surface area contributed by atoms with E-state index in [1.807, 2.05) is 0 Å². The van der Waals surface area contributed by atoms with Crippen molar-refractivity contribution in [1.82, 2.24) is 14.3 Å². The van der Waals surface area contributed by atoms with Crippen LogP contribution in [0.25, 0.3) is 0 Å². The average Bonchev–Trinajstić information content (AvgIpc) is 2.29. The van der Waals surface area contributed by atoms with Crippen LogP contribution in [0.3, 0.4) is 0 Å². The van der Waals surface area contributed by atoms with E-state index in [0.29, 0.717) is 11.0 Å². The highest BCUT2D eigenvalue weighted by Crippen LogP contribution is 2.08. The molecular formula is C6H10ClN3O2S. The first-order valence-electron chi connectivity index (χ1n) is 3.51. The molecule has 0 unspecified atom stereocenters. The minimum absolute atomic E-state index is 0.155. The van der Waals surface area contributed by atoms with E-state index in [-0.39, 0.29) is 6.54 Å². The highest BCUT2D eigenvalue weighted by atomic mass is 35.5. The molecule has 0 saturated heterocycles. The van der Waals surface area contributed by atoms with Crippen molar-refractivity contribution in [3.63, 3.8) is 0 Å². The summed E-state index contributed by atoms with van der Waals surface area (Å²) in [7, 11) is -1.46. The molecule has 1 N–H and O–H groups in total. The van der Waals surface area contributed by atoms with Crippen LogP contribution in [0.4, 0.5) is 0 Å². The van der Waals surface area contributed by atoms with Gasteiger partial charge in [-0.05, 0) is 0 Å². The van der Waals surface area contributed by atoms with Crippen LogP contribution < -0.4 is 4.72 Å². The van der Waals surface area contributed by atoms with Crippen LogP contribution >= 0.6 is 11.6 Å². The molecule has 0 aliphatic heterocycles. The molecule has 1 heterocycles. The minimum atomic E-state index is -3.18. The maximum absolute atomic E-state index is 10.7. The normalized spacial score (nSPS) is 11.9. The maximum Gasteiger partial charge on any atom is 0.209 e. The quantitative estimate of drug-likeness (QED) is 0.792. The lowest BCUT2D eigenvalue weighted by atomic mass is 10.6. The lowest BCUT2D eigenvalue weighted by Gasteiger charge is -2.02. The molecule has 0 radical (unpaired) electrons. The zero-order valence-electron chi connectivity index (χ0n) is 7.28. The van der Waals surface area contributed by atoms with Gasteiger partial charge in [0, 0.05) is 7.05 Å². The van der Waals surface area contributed by atoms with Gasteiger partial charge in [0.2, 0.25) is 10.0 Å². The topological polar surface area (TPSA) is 64.0 Å². The molecule has 0 aliphatic carbocycles. The van der Waals surface area contributed by atoms with Crippen LogP contribution in [-0.4, -0.2) is 24.2 Å². The summed E-state index contributed by atoms with van der Waals surface area (Å²) < 4.78 is 25.4. The highest BCUT2D eigenvalue weighted by Gasteiger charge is 2.06. The van der Waals surface area contributed by atoms with Gasteiger partial charge >= 0.3 is 0 Å². The first-order chi connectivity index (χ1) is 5.90. The number of nitrogens with one attached hydrogen (secondary N) is 1. The summed E-state index contributed by atoms with van der Waals surface area (Å²) in [6.45, 7) is 0.155. The second-order valence-electron chi connectivity index (χ2n) is 2.65. The zero-order chi connectivity index (χ0) is 10.1. The Hall–Kier alpha value is -0.590. The van der Waals surface area contributed by atoms with Gasteiger partial charge in [0.15, 0.2) is 0 Å². The number of imidazole rings is 1. The van der Waals surface area contributed by atoms with E-state index in [2.05, 4.69) is 9.71 Å². The summed E-state index contributed by atoms with van der Waals surface area (Å²) >= 11 is 5.70. The summed E-state index contributed by atoms with van der Waals surface area (Å²) in [5, 5.41) is 0.477. The summed E-state index contributed by atoms with van der Waals surface area (Å²) in [5.74, 6) is 0.579. The zero-order valence-corrected chi connectivity index (χ0v) is 8.85. The van der Waals surface area contributed by atoms with Crippen molar-refractivity contribution in [2.75, 3.05) is 6.26 Å². The summed E-state index contributed by atoms with van der Waals surface area (Å²) in [5.41, 5.74) is 0. The van der Waals surface area contributed by atoms with Crippen molar-refractivity contribution in [3.05, 3.63) is 17.2 Å². The molecule has 1 rings (SSSR count). The first-order valence-corrected chi connectivity index (χ1v) is 5.78. The van der Waals surface area contributed by atoms with Crippen LogP contribution in [0.5, 0.6) is 0 Å². The van der Waals surface area contributed by atoms with E-state index >= 15 is 0 Å². The first kappa shape index (κ1) is 10.5. The summed E-state index contributed by atoms with van der Waals surface area (Å²) in [6, 6.07) is 0. The number of sulfonamides is 1. The van der Waals surface area contributed by atoms with Gasteiger partial charge in [-0.1, -0.05) is 11.6 Å². The Morgan fingerprint density at radius 3 is 2.69 bits per heavy atom. The van der Waals surface area contributed by atoms with E-state index in [0.717, 1.165) is 6.26 Å². The fourth-order valence-corrected chi connectivity index (χ4v) is 1.32. The lowest BCUT2D eigenvalue weighted by Crippen LogP contribution is -2.23. The van der Waals surface area contributed by atoms with Crippen LogP contribution in [0.15, 0.2) is 6.20 Å². The van der Waals surface area contributed by atoms with E-state index in [4.69, 9.17) is 11.6 Å². The van der Waals surface area contributed by atoms with Gasteiger partial charge in [-0.2, -0.15) is 0 Å². The van der Waals surface area contributed by atoms with Crippen molar-refractivity contribution in [2.24, 2.45) is 7.05 Å². The molecule has 7 heteroatoms. The Labute approximate surface area is 81.8 Å². The highest BCUT2D eigenvalue weighted by molar-refractivity contribution is 7.88. The Balaban J connectivity index is 2.71. The van der Waals surface area contributed by atoms with Gasteiger partial charge in [-0.3, -0.25) is 0 Å². The largest absolute Gasteiger partial charge is 0.321 e. The Morgan fingerprint density at radius 2 is 2.31 bits per heavy atom. The molecule has 0 spiro atoms. The van der Waals surface area contributed by atoms with Gasteiger partial charge < -0.3 is 4.57 Å². The SMILES string of the molecule is Cn1c(Cl)cnc1CNS(C)(=O)=O. The third-order valence-corrected chi connectivity index (χ3v) is 2.54. The number of rotatable bonds is 3. The third kappa shape index (κ3) is 2.98. The van der Waals surface area contributed by atoms with Crippen molar-refractivity contribution < 1.29 is 8.42 Å². The van der Waals surface area contributed by atoms with E-state index in [9.17, 15) is 8.42 Å². The molecule has 0 aromatic carbocycles. The molecule has 5 nitrogen and oxygen atoms in total. The molecule has 74 valence electrons. The molecule has 0 saturated carbocycles. The van der Waals surface area contributed by atoms with Crippen molar-refractivity contribution in [2.45, 2.75) is 6.54 Å². The monoisotopic (exact) mass is 223 g/mol. The number of hydrogen-bond donors (Lipinski definition) is 1. The number of aromatic nitrogens is 2. The van der Waals surface area contributed by atoms with E-state index in [1.165, 1.54) is 6.20 Å². The molecule has 1 aromatic rings. The third-order valence-electron chi connectivity index (χ3n) is 1.52. The maximum atomic E-state index is 10.7. The van der Waals surface area contributed by atoms with Crippen LogP contribution in [0.2, 0.25) is 5.15 Å². The van der Waals surface area contributed by atoms with E-state index < -0.39 is 10.0 Å². The second kappa shape index (κ2) is 3.65. The molecular weight excluding hydrogens is 214 g/mol. The summed E-state index contributed by atoms with van der Waals surface area (Å²) in [6.07, 6.45) is 2.57. The molecule has 0 amide bonds. The average molecular weight is 224 g/mol. The van der Waals surface area contributed by atoms with Crippen LogP contribution in [0, 0.1) is 0 Å². The Kier molecular flexibility index (Phi) is 2.94. The Morgan fingerprint density at radius 1 is 1.69 bits per heavy atom. The molecule has 13 heavy (non-hydrogen) atoms. The molecule has 0 atom stereocenters. The van der Waals surface area contributed by atoms with Crippen molar-refractivity contribution >= 4 is 21.6 Å². The lowest BCUT2D eigenvalue weighted by molar-refractivity contribution is 0.584. The number of nitrogens with zero attached hydrogens (tertiary/aromatic N) is 2. The molecule has 0 bridgehead atoms. The predicted octanol–water partition coefficient (Wildman–Crippen LogP) is 0.123. The van der Waals surface area contributed by atoms with E-state index in [1.54, 1.807) is 11.6 Å². The predicted molar refractivity (Wildman–Crippen MR) is 49.9 cm³/mol. The van der Waals surface area contributed by atoms with Gasteiger partial charge in [0.25, 0.3) is 0 Å². The van der Waals surface area contributed by atoms with Gasteiger partial charge in [0.05, 0.1) is 19.0 Å². The fraction of sp³-hybridized carbons (Fsp3) is 0.500. The molecule has 0 fully saturated rings. The van der Waals surface area contributed by atoms with Crippen LogP contribution in [0.1, 0.15) is 5.82 Å².